The molecule has 0 aliphatic carbocycles. The Hall–Kier alpha value is -3.78. The lowest BCUT2D eigenvalue weighted by Gasteiger charge is -2.20. The number of nitrogens with one attached hydrogen (secondary N) is 1. The van der Waals surface area contributed by atoms with E-state index in [1.54, 1.807) is 13.0 Å². The first-order valence-corrected chi connectivity index (χ1v) is 11.8. The molecule has 4 rings (SSSR count). The Labute approximate surface area is 201 Å². The maximum atomic E-state index is 13.2. The van der Waals surface area contributed by atoms with Crippen molar-refractivity contribution in [1.82, 2.24) is 9.55 Å². The van der Waals surface area contributed by atoms with Crippen molar-refractivity contribution in [2.45, 2.75) is 39.8 Å². The fourth-order valence-corrected chi connectivity index (χ4v) is 4.75. The molecule has 1 atom stereocenters. The molecule has 34 heavy (non-hydrogen) atoms. The summed E-state index contributed by atoms with van der Waals surface area (Å²) < 4.78 is 6.92. The summed E-state index contributed by atoms with van der Waals surface area (Å²) in [6, 6.07) is 17.7. The van der Waals surface area contributed by atoms with Gasteiger partial charge >= 0.3 is 5.97 Å². The normalized spacial score (nSPS) is 11.9. The van der Waals surface area contributed by atoms with E-state index in [1.807, 2.05) is 68.4 Å². The van der Waals surface area contributed by atoms with Crippen LogP contribution in [0.25, 0.3) is 10.9 Å². The number of para-hydroxylation sites is 1. The summed E-state index contributed by atoms with van der Waals surface area (Å²) >= 11 is 1.06. The highest BCUT2D eigenvalue weighted by Gasteiger charge is 2.24. The fourth-order valence-electron chi connectivity index (χ4n) is 3.89. The molecule has 0 saturated heterocycles. The van der Waals surface area contributed by atoms with Crippen LogP contribution in [0.1, 0.15) is 45.9 Å². The zero-order chi connectivity index (χ0) is 24.2. The van der Waals surface area contributed by atoms with Crippen LogP contribution >= 0.6 is 11.3 Å². The zero-order valence-electron chi connectivity index (χ0n) is 19.2. The molecule has 7 nitrogen and oxygen atoms in total. The topological polar surface area (TPSA) is 90.3 Å². The molecule has 0 saturated carbocycles. The highest BCUT2D eigenvalue weighted by Crippen LogP contribution is 2.26. The van der Waals surface area contributed by atoms with Crippen LogP contribution in [0.3, 0.4) is 0 Å². The maximum absolute atomic E-state index is 13.2. The van der Waals surface area contributed by atoms with E-state index in [-0.39, 0.29) is 23.2 Å². The van der Waals surface area contributed by atoms with E-state index in [2.05, 4.69) is 10.3 Å². The number of thiazole rings is 1. The molecule has 174 valence electrons. The van der Waals surface area contributed by atoms with Crippen molar-refractivity contribution in [2.24, 2.45) is 0 Å². The minimum Gasteiger partial charge on any atom is -0.457 e. The smallest absolute Gasteiger partial charge is 0.350 e. The number of esters is 1. The van der Waals surface area contributed by atoms with E-state index in [9.17, 15) is 14.4 Å². The van der Waals surface area contributed by atoms with Crippen LogP contribution in [0, 0.1) is 13.8 Å². The molecule has 2 heterocycles. The van der Waals surface area contributed by atoms with E-state index in [4.69, 9.17) is 4.74 Å². The Morgan fingerprint density at radius 2 is 1.79 bits per heavy atom. The largest absolute Gasteiger partial charge is 0.457 e. The molecule has 1 unspecified atom stereocenters. The van der Waals surface area contributed by atoms with E-state index in [1.165, 1.54) is 4.57 Å². The first-order valence-electron chi connectivity index (χ1n) is 11.0. The summed E-state index contributed by atoms with van der Waals surface area (Å²) in [4.78, 5) is 43.3. The van der Waals surface area contributed by atoms with Crippen molar-refractivity contribution >= 4 is 39.2 Å². The van der Waals surface area contributed by atoms with Crippen LogP contribution in [0.15, 0.2) is 65.5 Å². The molecule has 0 spiro atoms. The van der Waals surface area contributed by atoms with Gasteiger partial charge in [-0.15, -0.1) is 0 Å². The summed E-state index contributed by atoms with van der Waals surface area (Å²) in [5.74, 6) is -0.858. The zero-order valence-corrected chi connectivity index (χ0v) is 20.0. The molecule has 2 aromatic heterocycles. The van der Waals surface area contributed by atoms with Gasteiger partial charge in [0.15, 0.2) is 5.13 Å². The van der Waals surface area contributed by atoms with Gasteiger partial charge in [-0.3, -0.25) is 14.2 Å². The average molecular weight is 476 g/mol. The number of amides is 1. The number of hydrogen-bond acceptors (Lipinski definition) is 6. The van der Waals surface area contributed by atoms with Crippen molar-refractivity contribution in [3.05, 3.63) is 92.7 Å². The lowest BCUT2D eigenvalue weighted by molar-refractivity contribution is -0.119. The third kappa shape index (κ3) is 4.77. The molecule has 0 radical (unpaired) electrons. The van der Waals surface area contributed by atoms with Crippen LogP contribution in [0.2, 0.25) is 0 Å². The summed E-state index contributed by atoms with van der Waals surface area (Å²) in [5, 5.41) is 4.00. The number of nitrogens with zero attached hydrogens (tertiary/aromatic N) is 2. The third-order valence-corrected chi connectivity index (χ3v) is 6.64. The van der Waals surface area contributed by atoms with Crippen molar-refractivity contribution in [2.75, 3.05) is 5.32 Å². The maximum Gasteiger partial charge on any atom is 0.350 e. The number of fused-ring (bicyclic) bond motifs is 1. The lowest BCUT2D eigenvalue weighted by Crippen LogP contribution is -2.33. The highest BCUT2D eigenvalue weighted by atomic mass is 32.1. The molecule has 8 heteroatoms. The number of anilines is 1. The Balaban J connectivity index is 1.54. The first kappa shape index (κ1) is 23.4. The summed E-state index contributed by atoms with van der Waals surface area (Å²) in [6.45, 7) is 5.58. The van der Waals surface area contributed by atoms with Crippen molar-refractivity contribution in [3.63, 3.8) is 0 Å². The Morgan fingerprint density at radius 1 is 1.09 bits per heavy atom. The summed E-state index contributed by atoms with van der Waals surface area (Å²) in [6.07, 6.45) is 0.412. The van der Waals surface area contributed by atoms with Gasteiger partial charge in [0.05, 0.1) is 11.2 Å². The minimum absolute atomic E-state index is 0.153. The number of ether oxygens (including phenoxy) is 1. The summed E-state index contributed by atoms with van der Waals surface area (Å²) in [7, 11) is 0. The molecule has 0 aliphatic heterocycles. The molecule has 0 fully saturated rings. The SMILES string of the molecule is CCC(C(=O)Nc1nc(C)c(C(=O)OCc2ccccc2)s1)n1c(=O)cc(C)c2ccccc21. The molecule has 1 amide bonds. The predicted octanol–water partition coefficient (Wildman–Crippen LogP) is 5.02. The lowest BCUT2D eigenvalue weighted by atomic mass is 10.1. The van der Waals surface area contributed by atoms with Crippen LogP contribution in [-0.4, -0.2) is 21.4 Å². The highest BCUT2D eigenvalue weighted by molar-refractivity contribution is 7.17. The molecule has 0 bridgehead atoms. The van der Waals surface area contributed by atoms with Crippen molar-refractivity contribution < 1.29 is 14.3 Å². The average Bonchev–Trinajstić information content (AvgIpc) is 3.20. The third-order valence-electron chi connectivity index (χ3n) is 5.59. The minimum atomic E-state index is -0.726. The molecule has 4 aromatic rings. The number of carbonyl (C=O) groups is 2. The standard InChI is InChI=1S/C26H25N3O4S/c1-4-20(29-21-13-9-8-12-19(21)16(2)14-22(29)30)24(31)28-26-27-17(3)23(34-26)25(32)33-15-18-10-6-5-7-11-18/h5-14,20H,4,15H2,1-3H3,(H,27,28,31). The number of aromatic nitrogens is 2. The van der Waals surface area contributed by atoms with Crippen LogP contribution in [-0.2, 0) is 16.1 Å². The number of benzene rings is 2. The van der Waals surface area contributed by atoms with Crippen molar-refractivity contribution in [1.29, 1.82) is 0 Å². The number of pyridine rings is 1. The predicted molar refractivity (Wildman–Crippen MR) is 133 cm³/mol. The second-order valence-electron chi connectivity index (χ2n) is 7.96. The van der Waals surface area contributed by atoms with Crippen LogP contribution in [0.5, 0.6) is 0 Å². The van der Waals surface area contributed by atoms with E-state index in [0.717, 1.165) is 27.8 Å². The number of rotatable bonds is 7. The first-order chi connectivity index (χ1) is 16.4. The van der Waals surface area contributed by atoms with E-state index in [0.29, 0.717) is 22.5 Å². The van der Waals surface area contributed by atoms with Gasteiger partial charge in [0, 0.05) is 11.5 Å². The number of aryl methyl sites for hydroxylation is 2. The molecular weight excluding hydrogens is 450 g/mol. The monoisotopic (exact) mass is 475 g/mol. The number of hydrogen-bond donors (Lipinski definition) is 1. The summed E-state index contributed by atoms with van der Waals surface area (Å²) in [5.41, 5.74) is 2.69. The Kier molecular flexibility index (Phi) is 6.88. The van der Waals surface area contributed by atoms with Gasteiger partial charge in [-0.2, -0.15) is 0 Å². The van der Waals surface area contributed by atoms with Crippen LogP contribution < -0.4 is 10.9 Å². The van der Waals surface area contributed by atoms with Gasteiger partial charge in [0.25, 0.3) is 5.56 Å². The number of carbonyl (C=O) groups excluding carboxylic acids is 2. The van der Waals surface area contributed by atoms with Gasteiger partial charge in [0.2, 0.25) is 5.91 Å². The fraction of sp³-hybridized carbons (Fsp3) is 0.231. The van der Waals surface area contributed by atoms with Gasteiger partial charge in [-0.05, 0) is 37.5 Å². The Morgan fingerprint density at radius 3 is 2.53 bits per heavy atom. The van der Waals surface area contributed by atoms with Gasteiger partial charge in [-0.25, -0.2) is 9.78 Å². The van der Waals surface area contributed by atoms with E-state index >= 15 is 0 Å². The van der Waals surface area contributed by atoms with Crippen molar-refractivity contribution in [3.8, 4) is 0 Å². The molecular formula is C26H25N3O4S. The second kappa shape index (κ2) is 10.0. The molecule has 0 aliphatic rings. The quantitative estimate of drug-likeness (QED) is 0.379. The van der Waals surface area contributed by atoms with Gasteiger partial charge < -0.3 is 10.1 Å². The molecule has 1 N–H and O–H groups in total. The van der Waals surface area contributed by atoms with Gasteiger partial charge in [0.1, 0.15) is 17.5 Å². The van der Waals surface area contributed by atoms with Gasteiger partial charge in [-0.1, -0.05) is 66.8 Å². The van der Waals surface area contributed by atoms with E-state index < -0.39 is 12.0 Å². The Bertz CT molecular complexity index is 1410. The van der Waals surface area contributed by atoms with Crippen LogP contribution in [0.4, 0.5) is 5.13 Å². The molecule has 2 aromatic carbocycles. The second-order valence-corrected chi connectivity index (χ2v) is 8.96.